The molecule has 5 aromatic rings. The number of aliphatic hydroxyl groups is 3. The maximum Gasteiger partial charge on any atom is 0.317 e. The zero-order chi connectivity index (χ0) is 73.8. The van der Waals surface area contributed by atoms with Gasteiger partial charge in [0, 0.05) is 100 Å². The molecule has 2 aliphatic rings. The minimum Gasteiger partial charge on any atom is -0.480 e. The zero-order valence-corrected chi connectivity index (χ0v) is 58.6. The Balaban J connectivity index is 1.28. The van der Waals surface area contributed by atoms with Gasteiger partial charge in [-0.25, -0.2) is 0 Å². The second-order valence-corrected chi connectivity index (χ2v) is 28.0. The van der Waals surface area contributed by atoms with Gasteiger partial charge in [-0.1, -0.05) is 113 Å². The Bertz CT molecular complexity index is 3630. The van der Waals surface area contributed by atoms with Crippen molar-refractivity contribution in [2.24, 2.45) is 5.73 Å². The van der Waals surface area contributed by atoms with E-state index in [-0.39, 0.29) is 109 Å². The third-order valence-electron chi connectivity index (χ3n) is 17.5. The first-order valence-electron chi connectivity index (χ1n) is 33.8. The molecule has 0 saturated carbocycles. The summed E-state index contributed by atoms with van der Waals surface area (Å²) < 4.78 is 0. The molecule has 0 unspecified atom stereocenters. The van der Waals surface area contributed by atoms with Crippen molar-refractivity contribution in [2.45, 2.75) is 113 Å². The summed E-state index contributed by atoms with van der Waals surface area (Å²) in [6, 6.07) is 16.5. The number of aliphatic carboxylic acids is 3. The van der Waals surface area contributed by atoms with Crippen LogP contribution in [-0.2, 0) is 72.0 Å². The Labute approximate surface area is 597 Å². The molecule has 0 aliphatic carbocycles. The molecule has 554 valence electrons. The Morgan fingerprint density at radius 2 is 1.09 bits per heavy atom. The van der Waals surface area contributed by atoms with Crippen molar-refractivity contribution in [3.8, 4) is 0 Å². The predicted octanol–water partition coefficient (Wildman–Crippen LogP) is -2.02. The van der Waals surface area contributed by atoms with Crippen LogP contribution in [-0.4, -0.2) is 284 Å². The maximum absolute atomic E-state index is 15.5. The van der Waals surface area contributed by atoms with Crippen molar-refractivity contribution in [3.05, 3.63) is 120 Å². The number of amides is 8. The lowest BCUT2D eigenvalue weighted by atomic mass is 9.97. The van der Waals surface area contributed by atoms with E-state index in [1.807, 2.05) is 42.5 Å². The number of para-hydroxylation sites is 1. The van der Waals surface area contributed by atoms with Crippen LogP contribution in [0.3, 0.4) is 0 Å². The molecule has 33 heteroatoms. The fraction of sp³-hybridized carbons (Fsp3) is 0.493. The van der Waals surface area contributed by atoms with Crippen molar-refractivity contribution < 1.29 is 83.4 Å². The van der Waals surface area contributed by atoms with E-state index in [9.17, 15) is 64.2 Å². The van der Waals surface area contributed by atoms with Gasteiger partial charge >= 0.3 is 17.9 Å². The van der Waals surface area contributed by atoms with Gasteiger partial charge in [-0.05, 0) is 73.2 Å². The Morgan fingerprint density at radius 1 is 0.569 bits per heavy atom. The van der Waals surface area contributed by atoms with E-state index in [2.05, 4.69) is 47.5 Å². The van der Waals surface area contributed by atoms with Crippen LogP contribution in [0.25, 0.3) is 21.7 Å². The SMILES string of the molecule is C[C@@H](O)[C@@H]1NC(=O)[C@H](CCCCN)NC(=O)[C@H](Cc2c[nH]c3ccccc23)NC(=O)[C@H](Cc2cccc3ccccc23)NC(=O)[C@@H](NC(=O)[C@@H](Cc2ccccc2)NC(=O)CN2CCN(CC(=O)O)CCN(CC(=O)O)CCN(CC(=O)O)CC2)CSSC[C@@H](C(=O)N[C@H](CO)[C@@H](C)O)NC1=O. The number of carbonyl (C=O) groups is 11. The average Bonchev–Trinajstić information content (AvgIpc) is 1.51. The number of aromatic amines is 1. The fourth-order valence-corrected chi connectivity index (χ4v) is 14.2. The standard InChI is InChI=1S/C69H94N14O17S2/c1-42(85)55(39-84)76-68(99)57-41-102-101-40-56(77-64(95)52(31-44-13-4-3-5-14-44)72-58(87)35-80-23-25-81(36-59(88)89)27-29-83(38-61(92)93)30-28-82(26-24-80)37-60(90)91)67(98)75-53(32-46-17-12-16-45-15-6-7-18-48(45)46)66(97)74-54(33-47-34-71-50-20-9-8-19-49(47)50)65(96)73-51(21-10-11-22-70)63(94)79-62(43(2)86)69(100)78-57/h3-9,12-20,34,42-43,51-57,62,71,84-86H,10-11,21-33,35-41,70H2,1-2H3,(H,72,87)(H,73,96)(H,74,97)(H,75,98)(H,76,99)(H,77,95)(H,78,100)(H,79,94)(H,88,89)(H,90,91)(H,92,93)/t42-,43-,51+,52-,53+,54+,55-,56+,57+,62+/m1/s1. The molecule has 2 saturated heterocycles. The molecule has 2 fully saturated rings. The average molecular weight is 1460 g/mol. The normalized spacial score (nSPS) is 21.8. The van der Waals surface area contributed by atoms with Crippen molar-refractivity contribution in [2.75, 3.05) is 103 Å². The van der Waals surface area contributed by atoms with Crippen LogP contribution < -0.4 is 48.3 Å². The molecule has 102 heavy (non-hydrogen) atoms. The number of carboxylic acids is 3. The van der Waals surface area contributed by atoms with E-state index in [4.69, 9.17) is 5.73 Å². The van der Waals surface area contributed by atoms with E-state index >= 15 is 19.2 Å². The summed E-state index contributed by atoms with van der Waals surface area (Å²) in [6.07, 6.45) is -1.11. The maximum atomic E-state index is 15.5. The molecule has 4 aromatic carbocycles. The fourth-order valence-electron chi connectivity index (χ4n) is 11.9. The number of aromatic nitrogens is 1. The molecule has 0 radical (unpaired) electrons. The summed E-state index contributed by atoms with van der Waals surface area (Å²) in [7, 11) is 1.86. The molecular weight excluding hydrogens is 1360 g/mol. The summed E-state index contributed by atoms with van der Waals surface area (Å²) >= 11 is 0. The lowest BCUT2D eigenvalue weighted by molar-refractivity contribution is -0.140. The summed E-state index contributed by atoms with van der Waals surface area (Å²) in [5.74, 6) is -11.3. The highest BCUT2D eigenvalue weighted by atomic mass is 33.1. The first kappa shape index (κ1) is 80.5. The second-order valence-electron chi connectivity index (χ2n) is 25.4. The van der Waals surface area contributed by atoms with Gasteiger partial charge in [0.1, 0.15) is 42.3 Å². The van der Waals surface area contributed by atoms with Gasteiger partial charge in [-0.3, -0.25) is 72.3 Å². The van der Waals surface area contributed by atoms with E-state index < -0.39 is 152 Å². The monoisotopic (exact) mass is 1450 g/mol. The molecule has 17 N–H and O–H groups in total. The first-order valence-corrected chi connectivity index (χ1v) is 36.3. The van der Waals surface area contributed by atoms with E-state index in [1.165, 1.54) is 13.8 Å². The number of unbranched alkanes of at least 4 members (excludes halogenated alkanes) is 1. The van der Waals surface area contributed by atoms with Crippen LogP contribution in [0.15, 0.2) is 103 Å². The summed E-state index contributed by atoms with van der Waals surface area (Å²) in [5, 5.41) is 85.1. The minimum absolute atomic E-state index is 0.0399. The van der Waals surface area contributed by atoms with Gasteiger partial charge in [-0.2, -0.15) is 0 Å². The van der Waals surface area contributed by atoms with Gasteiger partial charge in [0.15, 0.2) is 0 Å². The van der Waals surface area contributed by atoms with Crippen molar-refractivity contribution in [3.63, 3.8) is 0 Å². The van der Waals surface area contributed by atoms with Gasteiger partial charge in [0.05, 0.1) is 51.0 Å². The van der Waals surface area contributed by atoms with Crippen molar-refractivity contribution in [1.82, 2.24) is 67.1 Å². The number of hydrogen-bond acceptors (Lipinski definition) is 21. The number of nitrogens with zero attached hydrogens (tertiary/aromatic N) is 4. The largest absolute Gasteiger partial charge is 0.480 e. The number of H-pyrrole nitrogens is 1. The van der Waals surface area contributed by atoms with Crippen LogP contribution in [0.2, 0.25) is 0 Å². The first-order chi connectivity index (χ1) is 48.9. The second kappa shape index (κ2) is 40.8. The highest BCUT2D eigenvalue weighted by molar-refractivity contribution is 8.76. The molecule has 10 atom stereocenters. The summed E-state index contributed by atoms with van der Waals surface area (Å²) in [6.45, 7) is 1.21. The van der Waals surface area contributed by atoms with Crippen LogP contribution in [0.4, 0.5) is 0 Å². The number of nitrogens with one attached hydrogen (secondary N) is 9. The molecule has 8 amide bonds. The van der Waals surface area contributed by atoms with Crippen LogP contribution >= 0.6 is 21.6 Å². The van der Waals surface area contributed by atoms with E-state index in [0.29, 0.717) is 34.0 Å². The lowest BCUT2D eigenvalue weighted by Gasteiger charge is -2.33. The smallest absolute Gasteiger partial charge is 0.317 e. The zero-order valence-electron chi connectivity index (χ0n) is 57.0. The number of rotatable bonds is 26. The molecule has 7 rings (SSSR count). The van der Waals surface area contributed by atoms with E-state index in [1.54, 1.807) is 80.4 Å². The topological polar surface area (TPSA) is 460 Å². The molecule has 2 aliphatic heterocycles. The van der Waals surface area contributed by atoms with Crippen molar-refractivity contribution in [1.29, 1.82) is 0 Å². The number of fused-ring (bicyclic) bond motifs is 2. The molecule has 0 spiro atoms. The van der Waals surface area contributed by atoms with Gasteiger partial charge in [0.25, 0.3) is 0 Å². The van der Waals surface area contributed by atoms with Gasteiger partial charge in [-0.15, -0.1) is 0 Å². The number of benzene rings is 4. The summed E-state index contributed by atoms with van der Waals surface area (Å²) in [5.41, 5.74) is 8.32. The van der Waals surface area contributed by atoms with Crippen LogP contribution in [0.5, 0.6) is 0 Å². The number of carbonyl (C=O) groups excluding carboxylic acids is 8. The minimum atomic E-state index is -1.76. The van der Waals surface area contributed by atoms with Crippen LogP contribution in [0.1, 0.15) is 49.8 Å². The quantitative estimate of drug-likeness (QED) is 0.0210. The third-order valence-corrected chi connectivity index (χ3v) is 20.0. The van der Waals surface area contributed by atoms with Crippen LogP contribution in [0, 0.1) is 0 Å². The molecule has 1 aromatic heterocycles. The van der Waals surface area contributed by atoms with Gasteiger partial charge < -0.3 is 83.9 Å². The number of nitrogens with two attached hydrogens (primary N) is 1. The Kier molecular flexibility index (Phi) is 32.2. The highest BCUT2D eigenvalue weighted by Gasteiger charge is 2.38. The Morgan fingerprint density at radius 3 is 1.67 bits per heavy atom. The third kappa shape index (κ3) is 25.6. The number of hydrogen-bond donors (Lipinski definition) is 16. The summed E-state index contributed by atoms with van der Waals surface area (Å²) in [4.78, 5) is 165. The number of aliphatic hydroxyl groups excluding tert-OH is 3. The molecule has 0 bridgehead atoms. The lowest BCUT2D eigenvalue weighted by Crippen LogP contribution is -2.62. The highest BCUT2D eigenvalue weighted by Crippen LogP contribution is 2.26. The molecular formula is C69H94N14O17S2. The van der Waals surface area contributed by atoms with Gasteiger partial charge in [0.2, 0.25) is 47.3 Å². The van der Waals surface area contributed by atoms with Crippen molar-refractivity contribution >= 4 is 108 Å². The predicted molar refractivity (Wildman–Crippen MR) is 382 cm³/mol. The molecule has 3 heterocycles. The van der Waals surface area contributed by atoms with E-state index in [0.717, 1.165) is 32.4 Å². The Hall–Kier alpha value is -8.77. The number of carboxylic acid groups (broad SMARTS) is 3. The molecule has 31 nitrogen and oxygen atoms in total.